The Kier molecular flexibility index (Phi) is 5.05. The van der Waals surface area contributed by atoms with Crippen molar-refractivity contribution < 1.29 is 4.42 Å². The number of hydrogen-bond acceptors (Lipinski definition) is 8. The van der Waals surface area contributed by atoms with Gasteiger partial charge >= 0.3 is 0 Å². The summed E-state index contributed by atoms with van der Waals surface area (Å²) in [6.45, 7) is 3.89. The van der Waals surface area contributed by atoms with Gasteiger partial charge in [-0.05, 0) is 37.3 Å². The second-order valence-corrected chi connectivity index (χ2v) is 8.29. The van der Waals surface area contributed by atoms with Gasteiger partial charge in [0.25, 0.3) is 11.4 Å². The molecule has 1 aliphatic carbocycles. The van der Waals surface area contributed by atoms with Gasteiger partial charge in [-0.25, -0.2) is 9.97 Å². The van der Waals surface area contributed by atoms with Gasteiger partial charge < -0.3 is 20.0 Å². The molecule has 1 saturated carbocycles. The monoisotopic (exact) mass is 451 g/mol. The molecule has 0 spiro atoms. The molecule has 9 nitrogen and oxygen atoms in total. The number of fused-ring (bicyclic) bond motifs is 1. The van der Waals surface area contributed by atoms with E-state index in [0.29, 0.717) is 34.1 Å². The van der Waals surface area contributed by atoms with E-state index in [2.05, 4.69) is 25.5 Å². The van der Waals surface area contributed by atoms with Crippen molar-refractivity contribution in [1.82, 2.24) is 24.7 Å². The number of halogens is 1. The van der Waals surface area contributed by atoms with E-state index in [1.807, 2.05) is 36.6 Å². The zero-order valence-corrected chi connectivity index (χ0v) is 18.4. The lowest BCUT2D eigenvalue weighted by Crippen LogP contribution is -2.26. The third kappa shape index (κ3) is 3.48. The molecule has 0 radical (unpaired) electrons. The van der Waals surface area contributed by atoms with Crippen LogP contribution >= 0.6 is 11.6 Å². The fraction of sp³-hybridized carbons (Fsp3) is 0.318. The van der Waals surface area contributed by atoms with E-state index >= 15 is 0 Å². The van der Waals surface area contributed by atoms with Crippen molar-refractivity contribution in [2.45, 2.75) is 45.2 Å². The average Bonchev–Trinajstić information content (AvgIpc) is 3.50. The minimum absolute atomic E-state index is 0.0776. The van der Waals surface area contributed by atoms with Gasteiger partial charge in [0.1, 0.15) is 23.5 Å². The summed E-state index contributed by atoms with van der Waals surface area (Å²) in [6.07, 6.45) is 3.90. The van der Waals surface area contributed by atoms with Gasteiger partial charge in [-0.15, -0.1) is 10.2 Å². The highest BCUT2D eigenvalue weighted by Gasteiger charge is 2.30. The molecule has 164 valence electrons. The van der Waals surface area contributed by atoms with Crippen LogP contribution in [0.1, 0.15) is 50.4 Å². The van der Waals surface area contributed by atoms with Crippen LogP contribution in [0.25, 0.3) is 22.2 Å². The first-order valence-corrected chi connectivity index (χ1v) is 10.9. The zero-order valence-electron chi connectivity index (χ0n) is 17.7. The molecule has 0 saturated heterocycles. The first kappa shape index (κ1) is 20.4. The summed E-state index contributed by atoms with van der Waals surface area (Å²) in [5, 5.41) is 13.3. The Morgan fingerprint density at radius 1 is 1.31 bits per heavy atom. The number of nitrogens with one attached hydrogen (secondary N) is 1. The molecule has 0 bridgehead atoms. The van der Waals surface area contributed by atoms with Crippen molar-refractivity contribution in [2.24, 2.45) is 0 Å². The highest BCUT2D eigenvalue weighted by atomic mass is 35.5. The molecule has 1 fully saturated rings. The van der Waals surface area contributed by atoms with Crippen molar-refractivity contribution in [3.8, 4) is 11.5 Å². The minimum atomic E-state index is -0.270. The lowest BCUT2D eigenvalue weighted by molar-refractivity contribution is 0.512. The summed E-state index contributed by atoms with van der Waals surface area (Å²) < 4.78 is 7.54. The molecule has 32 heavy (non-hydrogen) atoms. The lowest BCUT2D eigenvalue weighted by Gasteiger charge is -2.22. The molecule has 10 heteroatoms. The molecule has 0 amide bonds. The molecule has 1 aliphatic rings. The van der Waals surface area contributed by atoms with Crippen LogP contribution in [0.2, 0.25) is 5.02 Å². The minimum Gasteiger partial charge on any atom is -0.420 e. The molecule has 1 atom stereocenters. The molecule has 4 aromatic rings. The van der Waals surface area contributed by atoms with Crippen molar-refractivity contribution in [3.63, 3.8) is 0 Å². The molecule has 3 heterocycles. The fourth-order valence-corrected chi connectivity index (χ4v) is 4.16. The van der Waals surface area contributed by atoms with Crippen LogP contribution in [0.5, 0.6) is 0 Å². The predicted molar refractivity (Wildman–Crippen MR) is 123 cm³/mol. The first-order valence-electron chi connectivity index (χ1n) is 10.5. The van der Waals surface area contributed by atoms with Crippen molar-refractivity contribution in [3.05, 3.63) is 57.6 Å². The molecule has 3 N–H and O–H groups in total. The van der Waals surface area contributed by atoms with Crippen LogP contribution in [0, 0.1) is 0 Å². The molecule has 3 aromatic heterocycles. The molecule has 0 aliphatic heterocycles. The zero-order chi connectivity index (χ0) is 22.4. The Balaban J connectivity index is 1.60. The van der Waals surface area contributed by atoms with Crippen LogP contribution < -0.4 is 16.6 Å². The summed E-state index contributed by atoms with van der Waals surface area (Å²) >= 11 is 6.36. The van der Waals surface area contributed by atoms with E-state index in [1.165, 1.54) is 6.33 Å². The van der Waals surface area contributed by atoms with Gasteiger partial charge in [0.2, 0.25) is 5.89 Å². The molecular formula is C22H22ClN7O2. The second-order valence-electron chi connectivity index (χ2n) is 7.88. The van der Waals surface area contributed by atoms with E-state index < -0.39 is 0 Å². The highest BCUT2D eigenvalue weighted by Crippen LogP contribution is 2.38. The number of aryl methyl sites for hydroxylation is 1. The van der Waals surface area contributed by atoms with Gasteiger partial charge in [0, 0.05) is 18.2 Å². The number of nitrogen functional groups attached to an aromatic ring is 1. The van der Waals surface area contributed by atoms with E-state index in [0.717, 1.165) is 23.9 Å². The van der Waals surface area contributed by atoms with Gasteiger partial charge in [-0.2, -0.15) is 0 Å². The van der Waals surface area contributed by atoms with Crippen molar-refractivity contribution >= 4 is 34.0 Å². The van der Waals surface area contributed by atoms with Crippen LogP contribution in [-0.4, -0.2) is 24.7 Å². The summed E-state index contributed by atoms with van der Waals surface area (Å²) in [5.74, 6) is 1.43. The van der Waals surface area contributed by atoms with Crippen LogP contribution in [0.3, 0.4) is 0 Å². The number of hydrogen-bond donors (Lipinski definition) is 2. The molecule has 5 rings (SSSR count). The Morgan fingerprint density at radius 2 is 2.12 bits per heavy atom. The molecule has 0 unspecified atom stereocenters. The third-order valence-electron chi connectivity index (χ3n) is 5.63. The smallest absolute Gasteiger partial charge is 0.260 e. The predicted octanol–water partition coefficient (Wildman–Crippen LogP) is 4.15. The highest BCUT2D eigenvalue weighted by molar-refractivity contribution is 6.35. The second kappa shape index (κ2) is 7.90. The maximum Gasteiger partial charge on any atom is 0.260 e. The number of rotatable bonds is 6. The number of anilines is 2. The van der Waals surface area contributed by atoms with Gasteiger partial charge in [-0.1, -0.05) is 30.7 Å². The fourth-order valence-electron chi connectivity index (χ4n) is 3.89. The Labute approximate surface area is 188 Å². The van der Waals surface area contributed by atoms with Gasteiger partial charge in [0.05, 0.1) is 16.5 Å². The van der Waals surface area contributed by atoms with E-state index in [9.17, 15) is 4.79 Å². The van der Waals surface area contributed by atoms with Crippen LogP contribution in [0.15, 0.2) is 39.8 Å². The van der Waals surface area contributed by atoms with Crippen LogP contribution in [-0.2, 0) is 6.42 Å². The van der Waals surface area contributed by atoms with Gasteiger partial charge in [-0.3, -0.25) is 4.79 Å². The molecular weight excluding hydrogens is 430 g/mol. The normalized spacial score (nSPS) is 14.6. The lowest BCUT2D eigenvalue weighted by atomic mass is 10.1. The van der Waals surface area contributed by atoms with E-state index in [4.69, 9.17) is 21.8 Å². The quantitative estimate of drug-likeness (QED) is 0.448. The standard InChI is InChI=1S/C22H22ClN7O2/c1-3-16-28-29-21(32-16)18-19(24)25-10-26-20(18)27-11(2)15-9-12-5-4-6-14(23)17(12)22(31)30(15)13-7-8-13/h4-6,9-11,13H,3,7-8H2,1-2H3,(H3,24,25,26,27)/t11-/m0/s1. The topological polar surface area (TPSA) is 125 Å². The third-order valence-corrected chi connectivity index (χ3v) is 5.94. The number of pyridine rings is 1. The number of nitrogens with zero attached hydrogens (tertiary/aromatic N) is 5. The summed E-state index contributed by atoms with van der Waals surface area (Å²) in [7, 11) is 0. The maximum absolute atomic E-state index is 13.4. The number of aromatic nitrogens is 5. The first-order chi connectivity index (χ1) is 15.5. The Bertz CT molecular complexity index is 1380. The number of nitrogens with two attached hydrogens (primary N) is 1. The average molecular weight is 452 g/mol. The molecule has 1 aromatic carbocycles. The van der Waals surface area contributed by atoms with Crippen molar-refractivity contribution in [2.75, 3.05) is 11.1 Å². The van der Waals surface area contributed by atoms with E-state index in [-0.39, 0.29) is 29.4 Å². The summed E-state index contributed by atoms with van der Waals surface area (Å²) in [4.78, 5) is 21.8. The Morgan fingerprint density at radius 3 is 2.84 bits per heavy atom. The number of benzene rings is 1. The SMILES string of the molecule is CCc1nnc(-c2c(N)ncnc2N[C@@H](C)c2cc3cccc(Cl)c3c(=O)n2C2CC2)o1. The largest absolute Gasteiger partial charge is 0.420 e. The Hall–Kier alpha value is -3.46. The van der Waals surface area contributed by atoms with Crippen LogP contribution in [0.4, 0.5) is 11.6 Å². The van der Waals surface area contributed by atoms with Gasteiger partial charge in [0.15, 0.2) is 0 Å². The summed E-state index contributed by atoms with van der Waals surface area (Å²) in [6, 6.07) is 7.39. The summed E-state index contributed by atoms with van der Waals surface area (Å²) in [5.41, 5.74) is 7.34. The maximum atomic E-state index is 13.4. The van der Waals surface area contributed by atoms with Crippen molar-refractivity contribution in [1.29, 1.82) is 0 Å². The van der Waals surface area contributed by atoms with E-state index in [1.54, 1.807) is 6.07 Å².